The summed E-state index contributed by atoms with van der Waals surface area (Å²) < 4.78 is 38.0. The summed E-state index contributed by atoms with van der Waals surface area (Å²) in [4.78, 5) is 34.8. The van der Waals surface area contributed by atoms with Gasteiger partial charge in [0.05, 0.1) is 0 Å². The van der Waals surface area contributed by atoms with E-state index in [-0.39, 0.29) is 25.2 Å². The molecule has 10 heteroatoms. The zero-order valence-electron chi connectivity index (χ0n) is 22.3. The fraction of sp³-hybridized carbons (Fsp3) is 0.483. The van der Waals surface area contributed by atoms with Crippen LogP contribution in [0, 0.1) is 6.92 Å². The zero-order valence-corrected chi connectivity index (χ0v) is 22.3. The Bertz CT molecular complexity index is 1350. The number of pyridine rings is 1. The van der Waals surface area contributed by atoms with E-state index >= 15 is 0 Å². The predicted octanol–water partition coefficient (Wildman–Crippen LogP) is 5.54. The van der Waals surface area contributed by atoms with Gasteiger partial charge in [0, 0.05) is 66.3 Å². The third-order valence-corrected chi connectivity index (χ3v) is 8.07. The molecule has 208 valence electrons. The van der Waals surface area contributed by atoms with Gasteiger partial charge in [-0.3, -0.25) is 9.78 Å². The van der Waals surface area contributed by atoms with Crippen LogP contribution >= 0.6 is 0 Å². The number of rotatable bonds is 4. The molecule has 0 atom stereocenters. The van der Waals surface area contributed by atoms with Crippen molar-refractivity contribution in [3.05, 3.63) is 53.3 Å². The van der Waals surface area contributed by atoms with Gasteiger partial charge >= 0.3 is 18.1 Å². The van der Waals surface area contributed by atoms with Crippen molar-refractivity contribution in [2.45, 2.75) is 64.1 Å². The fourth-order valence-corrected chi connectivity index (χ4v) is 5.92. The summed E-state index contributed by atoms with van der Waals surface area (Å²) in [5.74, 6) is -1.46. The smallest absolute Gasteiger partial charge is 0.354 e. The molecule has 0 unspecified atom stereocenters. The van der Waals surface area contributed by atoms with Crippen LogP contribution in [-0.2, 0) is 11.2 Å². The summed E-state index contributed by atoms with van der Waals surface area (Å²) >= 11 is 0. The molecular weight excluding hydrogens is 507 g/mol. The summed E-state index contributed by atoms with van der Waals surface area (Å²) in [6.07, 6.45) is 0.221. The number of aromatic nitrogens is 2. The van der Waals surface area contributed by atoms with Gasteiger partial charge in [-0.25, -0.2) is 4.79 Å². The van der Waals surface area contributed by atoms with E-state index in [0.717, 1.165) is 46.6 Å². The first-order chi connectivity index (χ1) is 18.6. The largest absolute Gasteiger partial charge is 0.471 e. The standard InChI is InChI=1S/C29H34F3N5O2/c1-3-23-24-17-20(4-5-25(24)35-26(23)21-6-11-33-18(2)16-21)19-7-12-37(13-8-19)28(39)34-22-9-14-36(15-10-22)27(38)29(30,31)32/h4-6,11,16-17,19,22,35H,3,7-10,12-15H2,1-2H3,(H,34,39). The molecule has 0 bridgehead atoms. The Morgan fingerprint density at radius 1 is 1.03 bits per heavy atom. The molecule has 2 N–H and O–H groups in total. The molecule has 2 saturated heterocycles. The van der Waals surface area contributed by atoms with Crippen molar-refractivity contribution in [3.63, 3.8) is 0 Å². The molecule has 1 aromatic carbocycles. The number of nitrogens with one attached hydrogen (secondary N) is 2. The summed E-state index contributed by atoms with van der Waals surface area (Å²) in [6, 6.07) is 10.3. The van der Waals surface area contributed by atoms with Crippen LogP contribution < -0.4 is 5.32 Å². The van der Waals surface area contributed by atoms with Crippen molar-refractivity contribution in [2.24, 2.45) is 0 Å². The molecule has 0 aliphatic carbocycles. The molecule has 2 fully saturated rings. The van der Waals surface area contributed by atoms with E-state index in [4.69, 9.17) is 0 Å². The number of H-pyrrole nitrogens is 1. The highest BCUT2D eigenvalue weighted by molar-refractivity contribution is 5.91. The molecule has 2 aromatic heterocycles. The minimum Gasteiger partial charge on any atom is -0.354 e. The number of alkyl halides is 3. The summed E-state index contributed by atoms with van der Waals surface area (Å²) in [5, 5.41) is 4.19. The van der Waals surface area contributed by atoms with E-state index in [9.17, 15) is 22.8 Å². The number of nitrogens with zero attached hydrogens (tertiary/aromatic N) is 3. The maximum absolute atomic E-state index is 12.8. The van der Waals surface area contributed by atoms with Crippen molar-refractivity contribution in [1.82, 2.24) is 25.1 Å². The fourth-order valence-electron chi connectivity index (χ4n) is 5.92. The van der Waals surface area contributed by atoms with Crippen LogP contribution in [0.4, 0.5) is 18.0 Å². The van der Waals surface area contributed by atoms with Crippen LogP contribution in [0.1, 0.15) is 55.3 Å². The highest BCUT2D eigenvalue weighted by atomic mass is 19.4. The van der Waals surface area contributed by atoms with Crippen LogP contribution in [0.15, 0.2) is 36.5 Å². The number of piperidine rings is 2. The number of hydrogen-bond donors (Lipinski definition) is 2. The van der Waals surface area contributed by atoms with Crippen molar-refractivity contribution in [1.29, 1.82) is 0 Å². The van der Waals surface area contributed by atoms with Gasteiger partial charge in [0.1, 0.15) is 0 Å². The van der Waals surface area contributed by atoms with Gasteiger partial charge < -0.3 is 20.1 Å². The summed E-state index contributed by atoms with van der Waals surface area (Å²) in [7, 11) is 0. The van der Waals surface area contributed by atoms with E-state index in [0.29, 0.717) is 31.8 Å². The third-order valence-electron chi connectivity index (χ3n) is 8.07. The quantitative estimate of drug-likeness (QED) is 0.455. The number of carbonyl (C=O) groups is 2. The van der Waals surface area contributed by atoms with Crippen molar-refractivity contribution >= 4 is 22.8 Å². The summed E-state index contributed by atoms with van der Waals surface area (Å²) in [6.45, 7) is 5.39. The molecule has 5 rings (SSSR count). The number of hydrogen-bond acceptors (Lipinski definition) is 3. The second-order valence-corrected chi connectivity index (χ2v) is 10.6. The number of aryl methyl sites for hydroxylation is 2. The van der Waals surface area contributed by atoms with Gasteiger partial charge in [-0.15, -0.1) is 0 Å². The van der Waals surface area contributed by atoms with E-state index < -0.39 is 12.1 Å². The van der Waals surface area contributed by atoms with Crippen LogP contribution in [-0.4, -0.2) is 70.1 Å². The highest BCUT2D eigenvalue weighted by Gasteiger charge is 2.43. The maximum Gasteiger partial charge on any atom is 0.471 e. The molecule has 2 aliphatic heterocycles. The molecule has 0 radical (unpaired) electrons. The molecular formula is C29H34F3N5O2. The van der Waals surface area contributed by atoms with Gasteiger partial charge in [-0.1, -0.05) is 13.0 Å². The van der Waals surface area contributed by atoms with E-state index in [1.165, 1.54) is 16.5 Å². The number of halogens is 3. The first-order valence-corrected chi connectivity index (χ1v) is 13.6. The second kappa shape index (κ2) is 10.9. The Morgan fingerprint density at radius 2 is 1.72 bits per heavy atom. The number of likely N-dealkylation sites (tertiary alicyclic amines) is 2. The molecule has 2 aliphatic rings. The SMILES string of the molecule is CCc1c(-c2ccnc(C)c2)[nH]c2ccc(C3CCN(C(=O)NC4CCN(C(=O)C(F)(F)F)CC4)CC3)cc12. The minimum atomic E-state index is -4.86. The minimum absolute atomic E-state index is 0.00474. The molecule has 3 amide bonds. The van der Waals surface area contributed by atoms with Gasteiger partial charge in [0.25, 0.3) is 0 Å². The first kappa shape index (κ1) is 27.0. The predicted molar refractivity (Wildman–Crippen MR) is 143 cm³/mol. The Hall–Kier alpha value is -3.56. The van der Waals surface area contributed by atoms with Gasteiger partial charge in [0.2, 0.25) is 0 Å². The molecule has 4 heterocycles. The number of benzene rings is 1. The average molecular weight is 542 g/mol. The van der Waals surface area contributed by atoms with Crippen molar-refractivity contribution in [2.75, 3.05) is 26.2 Å². The lowest BCUT2D eigenvalue weighted by atomic mass is 9.88. The molecule has 0 spiro atoms. The first-order valence-electron chi connectivity index (χ1n) is 13.6. The zero-order chi connectivity index (χ0) is 27.7. The number of amides is 3. The number of urea groups is 1. The Kier molecular flexibility index (Phi) is 7.55. The van der Waals surface area contributed by atoms with Gasteiger partial charge in [-0.05, 0) is 80.3 Å². The topological polar surface area (TPSA) is 81.3 Å². The van der Waals surface area contributed by atoms with Crippen molar-refractivity contribution in [3.8, 4) is 11.3 Å². The molecule has 7 nitrogen and oxygen atoms in total. The third kappa shape index (κ3) is 5.74. The van der Waals surface area contributed by atoms with Crippen LogP contribution in [0.2, 0.25) is 0 Å². The van der Waals surface area contributed by atoms with Gasteiger partial charge in [-0.2, -0.15) is 13.2 Å². The summed E-state index contributed by atoms with van der Waals surface area (Å²) in [5.41, 5.74) is 6.92. The molecule has 0 saturated carbocycles. The number of aromatic amines is 1. The maximum atomic E-state index is 12.8. The van der Waals surface area contributed by atoms with Crippen LogP contribution in [0.5, 0.6) is 0 Å². The number of fused-ring (bicyclic) bond motifs is 1. The lowest BCUT2D eigenvalue weighted by Crippen LogP contribution is -2.53. The molecule has 39 heavy (non-hydrogen) atoms. The lowest BCUT2D eigenvalue weighted by Gasteiger charge is -2.36. The van der Waals surface area contributed by atoms with E-state index in [1.54, 1.807) is 4.90 Å². The van der Waals surface area contributed by atoms with Crippen molar-refractivity contribution < 1.29 is 22.8 Å². The second-order valence-electron chi connectivity index (χ2n) is 10.6. The van der Waals surface area contributed by atoms with E-state index in [1.807, 2.05) is 19.2 Å². The molecule has 3 aromatic rings. The monoisotopic (exact) mass is 541 g/mol. The Morgan fingerprint density at radius 3 is 2.36 bits per heavy atom. The number of carbonyl (C=O) groups excluding carboxylic acids is 2. The Balaban J connectivity index is 1.19. The highest BCUT2D eigenvalue weighted by Crippen LogP contribution is 2.35. The lowest BCUT2D eigenvalue weighted by molar-refractivity contribution is -0.186. The van der Waals surface area contributed by atoms with E-state index in [2.05, 4.69) is 46.5 Å². The average Bonchev–Trinajstić information content (AvgIpc) is 3.30. The van der Waals surface area contributed by atoms with Gasteiger partial charge in [0.15, 0.2) is 0 Å². The van der Waals surface area contributed by atoms with Crippen LogP contribution in [0.3, 0.4) is 0 Å². The van der Waals surface area contributed by atoms with Crippen LogP contribution in [0.25, 0.3) is 22.2 Å². The Labute approximate surface area is 225 Å². The normalized spacial score (nSPS) is 17.6.